The molecule has 2 aliphatic carbocycles. The summed E-state index contributed by atoms with van der Waals surface area (Å²) in [5, 5.41) is 10.0. The summed E-state index contributed by atoms with van der Waals surface area (Å²) < 4.78 is 5.67. The van der Waals surface area contributed by atoms with Crippen LogP contribution >= 0.6 is 23.1 Å². The Bertz CT molecular complexity index is 1240. The van der Waals surface area contributed by atoms with Crippen molar-refractivity contribution in [3.05, 3.63) is 44.4 Å². The van der Waals surface area contributed by atoms with Gasteiger partial charge in [0.2, 0.25) is 11.8 Å². The predicted molar refractivity (Wildman–Crippen MR) is 120 cm³/mol. The first-order valence-electron chi connectivity index (χ1n) is 11.0. The van der Waals surface area contributed by atoms with E-state index in [0.717, 1.165) is 27.6 Å². The van der Waals surface area contributed by atoms with Crippen LogP contribution in [-0.4, -0.2) is 51.7 Å². The van der Waals surface area contributed by atoms with Crippen LogP contribution in [0.2, 0.25) is 0 Å². The number of fused-ring (bicyclic) bond motifs is 9. The number of amides is 2. The fourth-order valence-electron chi connectivity index (χ4n) is 6.78. The SMILES string of the molecule is COc1ccccc1[C@@H]1c2sc(=O)[nH]c2S[C@@H]2[C@H]3C[C@@H]([C@@H]4C(=O)N(CCC(=O)O)C(=O)[C@@H]34)[C@@H]12. The smallest absolute Gasteiger partial charge is 0.305 e. The van der Waals surface area contributed by atoms with E-state index in [1.807, 2.05) is 24.3 Å². The number of aromatic amines is 1. The number of hydrogen-bond acceptors (Lipinski definition) is 7. The number of likely N-dealkylation sites (tertiary alicyclic amines) is 1. The van der Waals surface area contributed by atoms with E-state index >= 15 is 0 Å². The van der Waals surface area contributed by atoms with Gasteiger partial charge in [0.1, 0.15) is 5.75 Å². The van der Waals surface area contributed by atoms with Crippen LogP contribution in [0.5, 0.6) is 5.75 Å². The highest BCUT2D eigenvalue weighted by Crippen LogP contribution is 2.68. The fourth-order valence-corrected chi connectivity index (χ4v) is 9.66. The molecule has 3 heterocycles. The molecule has 6 rings (SSSR count). The third-order valence-corrected chi connectivity index (χ3v) is 10.4. The number of carboxylic acids is 1. The van der Waals surface area contributed by atoms with Crippen LogP contribution in [0.4, 0.5) is 0 Å². The van der Waals surface area contributed by atoms with E-state index in [-0.39, 0.29) is 58.6 Å². The largest absolute Gasteiger partial charge is 0.496 e. The molecule has 1 saturated heterocycles. The molecule has 2 saturated carbocycles. The number of methoxy groups -OCH3 is 1. The van der Waals surface area contributed by atoms with Crippen molar-refractivity contribution in [3.8, 4) is 5.75 Å². The molecule has 4 aliphatic rings. The number of para-hydroxylation sites is 1. The molecule has 2 N–H and O–H groups in total. The van der Waals surface area contributed by atoms with Crippen LogP contribution in [0, 0.1) is 29.6 Å². The molecule has 2 aliphatic heterocycles. The van der Waals surface area contributed by atoms with E-state index in [0.29, 0.717) is 0 Å². The van der Waals surface area contributed by atoms with Gasteiger partial charge >= 0.3 is 10.8 Å². The van der Waals surface area contributed by atoms with Crippen molar-refractivity contribution < 1.29 is 24.2 Å². The fraction of sp³-hybridized carbons (Fsp3) is 0.478. The lowest BCUT2D eigenvalue weighted by Gasteiger charge is -2.43. The van der Waals surface area contributed by atoms with E-state index in [1.165, 1.54) is 16.2 Å². The van der Waals surface area contributed by atoms with Crippen LogP contribution in [0.3, 0.4) is 0 Å². The number of rotatable bonds is 5. The van der Waals surface area contributed by atoms with Gasteiger partial charge in [-0.05, 0) is 30.2 Å². The molecule has 3 fully saturated rings. The second-order valence-corrected chi connectivity index (χ2v) is 11.4. The molecular formula is C23H22N2O6S2. The van der Waals surface area contributed by atoms with Gasteiger partial charge in [0.15, 0.2) is 0 Å². The van der Waals surface area contributed by atoms with E-state index in [2.05, 4.69) is 4.98 Å². The maximum atomic E-state index is 13.3. The number of H-pyrrole nitrogens is 1. The molecule has 0 unspecified atom stereocenters. The molecule has 2 bridgehead atoms. The highest BCUT2D eigenvalue weighted by atomic mass is 32.2. The van der Waals surface area contributed by atoms with Gasteiger partial charge in [-0.1, -0.05) is 29.5 Å². The van der Waals surface area contributed by atoms with Crippen LogP contribution < -0.4 is 9.61 Å². The van der Waals surface area contributed by atoms with Crippen molar-refractivity contribution in [1.82, 2.24) is 9.88 Å². The minimum Gasteiger partial charge on any atom is -0.496 e. The van der Waals surface area contributed by atoms with Crippen molar-refractivity contribution in [3.63, 3.8) is 0 Å². The van der Waals surface area contributed by atoms with Crippen molar-refractivity contribution in [2.75, 3.05) is 13.7 Å². The molecule has 0 spiro atoms. The summed E-state index contributed by atoms with van der Waals surface area (Å²) in [4.78, 5) is 54.9. The van der Waals surface area contributed by atoms with Crippen LogP contribution in [0.1, 0.15) is 29.2 Å². The maximum Gasteiger partial charge on any atom is 0.305 e. The normalized spacial score (nSPS) is 33.7. The highest BCUT2D eigenvalue weighted by Gasteiger charge is 2.69. The Labute approximate surface area is 197 Å². The van der Waals surface area contributed by atoms with Gasteiger partial charge in [-0.25, -0.2) is 0 Å². The number of carboxylic acid groups (broad SMARTS) is 1. The van der Waals surface area contributed by atoms with Gasteiger partial charge in [-0.15, -0.1) is 11.8 Å². The number of carbonyl (C=O) groups excluding carboxylic acids is 2. The number of nitrogens with zero attached hydrogens (tertiary/aromatic N) is 1. The van der Waals surface area contributed by atoms with E-state index in [4.69, 9.17) is 9.84 Å². The van der Waals surface area contributed by atoms with E-state index in [9.17, 15) is 19.2 Å². The van der Waals surface area contributed by atoms with Crippen molar-refractivity contribution in [2.45, 2.75) is 29.0 Å². The summed E-state index contributed by atoms with van der Waals surface area (Å²) in [6.07, 6.45) is 0.558. The molecular weight excluding hydrogens is 464 g/mol. The minimum atomic E-state index is -1.02. The molecule has 0 radical (unpaired) electrons. The number of carbonyl (C=O) groups is 3. The average Bonchev–Trinajstić information content (AvgIpc) is 3.51. The van der Waals surface area contributed by atoms with Gasteiger partial charge in [-0.2, -0.15) is 0 Å². The van der Waals surface area contributed by atoms with Crippen LogP contribution in [0.15, 0.2) is 34.1 Å². The number of imide groups is 1. The number of nitrogens with one attached hydrogen (secondary N) is 1. The second-order valence-electron chi connectivity index (χ2n) is 9.17. The van der Waals surface area contributed by atoms with Gasteiger partial charge in [0.05, 0.1) is 30.4 Å². The molecule has 8 nitrogen and oxygen atoms in total. The lowest BCUT2D eigenvalue weighted by Crippen LogP contribution is -2.42. The Morgan fingerprint density at radius 1 is 1.18 bits per heavy atom. The standard InChI is InChI=1S/C23H22N2O6S2/c1-31-12-5-3-2-4-9(12)14-15-10-8-11(18(15)32-20-19(14)33-23(30)24-20)17-16(10)21(28)25(22(17)29)7-6-13(26)27/h2-5,10-11,14-18H,6-8H2,1H3,(H,24,30)(H,26,27)/t10-,11+,14+,15+,16+,17+,18-/m1/s1. The monoisotopic (exact) mass is 486 g/mol. The van der Waals surface area contributed by atoms with Crippen molar-refractivity contribution in [2.24, 2.45) is 29.6 Å². The Morgan fingerprint density at radius 3 is 2.64 bits per heavy atom. The number of hydrogen-bond donors (Lipinski definition) is 2. The molecule has 10 heteroatoms. The number of thiazole rings is 1. The number of benzene rings is 1. The van der Waals surface area contributed by atoms with Crippen LogP contribution in [0.25, 0.3) is 0 Å². The summed E-state index contributed by atoms with van der Waals surface area (Å²) >= 11 is 2.85. The zero-order valence-electron chi connectivity index (χ0n) is 17.7. The number of aromatic nitrogens is 1. The molecule has 1 aromatic carbocycles. The van der Waals surface area contributed by atoms with Gasteiger partial charge < -0.3 is 14.8 Å². The lowest BCUT2D eigenvalue weighted by atomic mass is 9.68. The Morgan fingerprint density at radius 2 is 1.91 bits per heavy atom. The summed E-state index contributed by atoms with van der Waals surface area (Å²) in [7, 11) is 1.63. The Balaban J connectivity index is 1.43. The Hall–Kier alpha value is -2.59. The lowest BCUT2D eigenvalue weighted by molar-refractivity contribution is -0.142. The van der Waals surface area contributed by atoms with Crippen LogP contribution in [-0.2, 0) is 14.4 Å². The Kier molecular flexibility index (Phi) is 4.74. The van der Waals surface area contributed by atoms with Crippen molar-refractivity contribution >= 4 is 40.9 Å². The number of thioether (sulfide) groups is 1. The summed E-state index contributed by atoms with van der Waals surface area (Å²) in [6, 6.07) is 7.80. The average molecular weight is 487 g/mol. The van der Waals surface area contributed by atoms with Gasteiger partial charge in [-0.3, -0.25) is 24.1 Å². The maximum absolute atomic E-state index is 13.3. The second kappa shape index (κ2) is 7.46. The first-order chi connectivity index (χ1) is 15.9. The summed E-state index contributed by atoms with van der Waals surface area (Å²) in [5.74, 6) is -1.51. The summed E-state index contributed by atoms with van der Waals surface area (Å²) in [6.45, 7) is -0.0709. The van der Waals surface area contributed by atoms with Gasteiger partial charge in [0.25, 0.3) is 0 Å². The molecule has 172 valence electrons. The molecule has 33 heavy (non-hydrogen) atoms. The molecule has 7 atom stereocenters. The first-order valence-corrected chi connectivity index (χ1v) is 12.7. The zero-order valence-corrected chi connectivity index (χ0v) is 19.4. The number of ether oxygens (including phenoxy) is 1. The van der Waals surface area contributed by atoms with E-state index < -0.39 is 17.8 Å². The summed E-state index contributed by atoms with van der Waals surface area (Å²) in [5.41, 5.74) is 0.996. The number of aliphatic carboxylic acids is 1. The quantitative estimate of drug-likeness (QED) is 0.623. The zero-order chi connectivity index (χ0) is 23.0. The third-order valence-electron chi connectivity index (χ3n) is 7.84. The van der Waals surface area contributed by atoms with E-state index in [1.54, 1.807) is 18.9 Å². The molecule has 1 aromatic heterocycles. The first kappa shape index (κ1) is 21.0. The minimum absolute atomic E-state index is 0.00374. The highest BCUT2D eigenvalue weighted by molar-refractivity contribution is 8.00. The predicted octanol–water partition coefficient (Wildman–Crippen LogP) is 2.39. The third kappa shape index (κ3) is 2.89. The van der Waals surface area contributed by atoms with Crippen molar-refractivity contribution in [1.29, 1.82) is 0 Å². The topological polar surface area (TPSA) is 117 Å². The molecule has 2 amide bonds. The van der Waals surface area contributed by atoms with Gasteiger partial charge in [0, 0.05) is 28.2 Å². The molecule has 2 aromatic rings.